The largest absolute Gasteiger partial charge is 0.497 e. The van der Waals surface area contributed by atoms with Crippen LogP contribution in [0.5, 0.6) is 5.75 Å². The fourth-order valence-corrected chi connectivity index (χ4v) is 3.15. The molecule has 0 spiro atoms. The van der Waals surface area contributed by atoms with Crippen LogP contribution in [-0.4, -0.2) is 27.7 Å². The lowest BCUT2D eigenvalue weighted by Gasteiger charge is -2.05. The van der Waals surface area contributed by atoms with E-state index in [4.69, 9.17) is 22.2 Å². The predicted octanol–water partition coefficient (Wildman–Crippen LogP) is 3.78. The van der Waals surface area contributed by atoms with E-state index in [1.54, 1.807) is 7.11 Å². The second-order valence-electron chi connectivity index (χ2n) is 5.63. The molecule has 0 atom stereocenters. The van der Waals surface area contributed by atoms with Crippen molar-refractivity contribution in [1.82, 2.24) is 14.9 Å². The van der Waals surface area contributed by atoms with Crippen LogP contribution in [-0.2, 0) is 5.75 Å². The number of aromatic nitrogens is 3. The number of benzene rings is 2. The molecular formula is C18H19ClN6OS. The molecule has 0 amide bonds. The Kier molecular flexibility index (Phi) is 6.20. The Morgan fingerprint density at radius 2 is 1.89 bits per heavy atom. The lowest BCUT2D eigenvalue weighted by molar-refractivity contribution is 0.415. The van der Waals surface area contributed by atoms with E-state index in [0.717, 1.165) is 22.6 Å². The number of nitrogens with one attached hydrogen (secondary N) is 1. The zero-order chi connectivity index (χ0) is 19.2. The van der Waals surface area contributed by atoms with Gasteiger partial charge in [-0.15, -0.1) is 10.2 Å². The van der Waals surface area contributed by atoms with Crippen LogP contribution in [0.1, 0.15) is 18.1 Å². The maximum Gasteiger partial charge on any atom is 0.264 e. The molecule has 1 heterocycles. The molecule has 7 nitrogen and oxygen atoms in total. The summed E-state index contributed by atoms with van der Waals surface area (Å²) < 4.78 is 6.54. The number of hydrogen-bond donors (Lipinski definition) is 2. The SMILES string of the molecule is COc1ccc(/C(C)=N/Nc2nnc(SCc3ccc(Cl)cc3)n2N)cc1. The van der Waals surface area contributed by atoms with Crippen molar-refractivity contribution in [1.29, 1.82) is 0 Å². The molecule has 3 rings (SSSR count). The Hall–Kier alpha value is -2.71. The van der Waals surface area contributed by atoms with Gasteiger partial charge in [-0.25, -0.2) is 10.1 Å². The number of halogens is 1. The van der Waals surface area contributed by atoms with Gasteiger partial charge < -0.3 is 10.6 Å². The topological polar surface area (TPSA) is 90.3 Å². The maximum absolute atomic E-state index is 6.06. The fraction of sp³-hybridized carbons (Fsp3) is 0.167. The van der Waals surface area contributed by atoms with Gasteiger partial charge in [0.2, 0.25) is 5.16 Å². The second-order valence-corrected chi connectivity index (χ2v) is 7.01. The first-order valence-electron chi connectivity index (χ1n) is 8.09. The van der Waals surface area contributed by atoms with Crippen LogP contribution in [0.15, 0.2) is 58.8 Å². The number of anilines is 1. The Balaban J connectivity index is 1.63. The molecule has 1 aromatic heterocycles. The van der Waals surface area contributed by atoms with Crippen molar-refractivity contribution in [2.24, 2.45) is 5.10 Å². The lowest BCUT2D eigenvalue weighted by Crippen LogP contribution is -2.13. The summed E-state index contributed by atoms with van der Waals surface area (Å²) in [6.07, 6.45) is 0. The third kappa shape index (κ3) is 4.93. The summed E-state index contributed by atoms with van der Waals surface area (Å²) in [5, 5.41) is 13.8. The quantitative estimate of drug-likeness (QED) is 0.270. The third-order valence-electron chi connectivity index (χ3n) is 3.78. The smallest absolute Gasteiger partial charge is 0.264 e. The summed E-state index contributed by atoms with van der Waals surface area (Å²) in [4.78, 5) is 0. The van der Waals surface area contributed by atoms with E-state index in [0.29, 0.717) is 21.9 Å². The number of thioether (sulfide) groups is 1. The van der Waals surface area contributed by atoms with Crippen molar-refractivity contribution in [2.45, 2.75) is 17.8 Å². The van der Waals surface area contributed by atoms with Crippen molar-refractivity contribution in [3.8, 4) is 5.75 Å². The Morgan fingerprint density at radius 3 is 2.56 bits per heavy atom. The van der Waals surface area contributed by atoms with Gasteiger partial charge in [0.15, 0.2) is 0 Å². The van der Waals surface area contributed by atoms with E-state index in [9.17, 15) is 0 Å². The van der Waals surface area contributed by atoms with Gasteiger partial charge in [0.05, 0.1) is 12.8 Å². The summed E-state index contributed by atoms with van der Waals surface area (Å²) in [7, 11) is 1.63. The highest BCUT2D eigenvalue weighted by molar-refractivity contribution is 7.98. The van der Waals surface area contributed by atoms with Crippen molar-refractivity contribution in [3.63, 3.8) is 0 Å². The second kappa shape index (κ2) is 8.79. The van der Waals surface area contributed by atoms with Gasteiger partial charge in [0.25, 0.3) is 5.95 Å². The highest BCUT2D eigenvalue weighted by Crippen LogP contribution is 2.22. The zero-order valence-electron chi connectivity index (χ0n) is 14.9. The van der Waals surface area contributed by atoms with Crippen LogP contribution in [0.25, 0.3) is 0 Å². The van der Waals surface area contributed by atoms with Crippen molar-refractivity contribution in [3.05, 3.63) is 64.7 Å². The van der Waals surface area contributed by atoms with E-state index < -0.39 is 0 Å². The number of ether oxygens (including phenoxy) is 1. The predicted molar refractivity (Wildman–Crippen MR) is 110 cm³/mol. The van der Waals surface area contributed by atoms with Crippen LogP contribution < -0.4 is 16.0 Å². The van der Waals surface area contributed by atoms with Gasteiger partial charge in [0.1, 0.15) is 5.75 Å². The summed E-state index contributed by atoms with van der Waals surface area (Å²) in [5.74, 6) is 7.92. The van der Waals surface area contributed by atoms with Crippen LogP contribution in [0.3, 0.4) is 0 Å². The molecule has 0 fully saturated rings. The summed E-state index contributed by atoms with van der Waals surface area (Å²) in [5.41, 5.74) is 5.73. The zero-order valence-corrected chi connectivity index (χ0v) is 16.5. The molecule has 27 heavy (non-hydrogen) atoms. The Morgan fingerprint density at radius 1 is 1.19 bits per heavy atom. The van der Waals surface area contributed by atoms with E-state index in [2.05, 4.69) is 20.7 Å². The molecule has 0 aliphatic heterocycles. The first kappa shape index (κ1) is 19.1. The van der Waals surface area contributed by atoms with Crippen molar-refractivity contribution >= 4 is 35.0 Å². The normalized spacial score (nSPS) is 11.4. The molecule has 3 N–H and O–H groups in total. The molecule has 0 saturated carbocycles. The molecule has 0 radical (unpaired) electrons. The molecule has 140 valence electrons. The van der Waals surface area contributed by atoms with E-state index in [1.165, 1.54) is 16.4 Å². The molecule has 3 aromatic rings. The van der Waals surface area contributed by atoms with Crippen molar-refractivity contribution < 1.29 is 4.74 Å². The number of nitrogens with two attached hydrogens (primary N) is 1. The summed E-state index contributed by atoms with van der Waals surface area (Å²) >= 11 is 7.38. The lowest BCUT2D eigenvalue weighted by atomic mass is 10.1. The minimum atomic E-state index is 0.362. The van der Waals surface area contributed by atoms with E-state index >= 15 is 0 Å². The fourth-order valence-electron chi connectivity index (χ4n) is 2.21. The van der Waals surface area contributed by atoms with Gasteiger partial charge in [-0.1, -0.05) is 35.5 Å². The third-order valence-corrected chi connectivity index (χ3v) is 5.04. The molecular weight excluding hydrogens is 384 g/mol. The van der Waals surface area contributed by atoms with Gasteiger partial charge in [-0.3, -0.25) is 0 Å². The average Bonchev–Trinajstić information content (AvgIpc) is 3.05. The van der Waals surface area contributed by atoms with Crippen LogP contribution in [0.4, 0.5) is 5.95 Å². The highest BCUT2D eigenvalue weighted by Gasteiger charge is 2.10. The molecule has 0 aliphatic carbocycles. The molecule has 0 aliphatic rings. The molecule has 2 aromatic carbocycles. The van der Waals surface area contributed by atoms with Crippen LogP contribution in [0.2, 0.25) is 5.02 Å². The molecule has 0 saturated heterocycles. The van der Waals surface area contributed by atoms with Gasteiger partial charge in [0, 0.05) is 10.8 Å². The maximum atomic E-state index is 6.06. The minimum Gasteiger partial charge on any atom is -0.497 e. The highest BCUT2D eigenvalue weighted by atomic mass is 35.5. The molecule has 9 heteroatoms. The number of nitrogen functional groups attached to an aromatic ring is 1. The van der Waals surface area contributed by atoms with Crippen molar-refractivity contribution in [2.75, 3.05) is 18.4 Å². The first-order chi connectivity index (χ1) is 13.1. The van der Waals surface area contributed by atoms with E-state index in [1.807, 2.05) is 55.5 Å². The standard InChI is InChI=1S/C18H19ClN6OS/c1-12(14-5-9-16(26-2)10-6-14)21-22-17-23-24-18(25(17)20)27-11-13-3-7-15(19)8-4-13/h3-10H,11,20H2,1-2H3,(H,22,23)/b21-12+. The summed E-state index contributed by atoms with van der Waals surface area (Å²) in [6.45, 7) is 1.89. The van der Waals surface area contributed by atoms with Gasteiger partial charge >= 0.3 is 0 Å². The van der Waals surface area contributed by atoms with E-state index in [-0.39, 0.29) is 0 Å². The molecule has 0 unspecified atom stereocenters. The Labute approximate surface area is 166 Å². The number of hydrogen-bond acceptors (Lipinski definition) is 7. The average molecular weight is 403 g/mol. The number of methoxy groups -OCH3 is 1. The number of hydrazone groups is 1. The van der Waals surface area contributed by atoms with Crippen LogP contribution >= 0.6 is 23.4 Å². The monoisotopic (exact) mass is 402 g/mol. The number of rotatable bonds is 7. The minimum absolute atomic E-state index is 0.362. The number of nitrogens with zero attached hydrogens (tertiary/aromatic N) is 4. The van der Waals surface area contributed by atoms with Gasteiger partial charge in [-0.2, -0.15) is 5.10 Å². The Bertz CT molecular complexity index is 924. The first-order valence-corrected chi connectivity index (χ1v) is 9.45. The summed E-state index contributed by atoms with van der Waals surface area (Å²) in [6, 6.07) is 15.3. The molecule has 0 bridgehead atoms. The van der Waals surface area contributed by atoms with Gasteiger partial charge in [-0.05, 0) is 54.4 Å². The van der Waals surface area contributed by atoms with Crippen LogP contribution in [0, 0.1) is 0 Å².